The van der Waals surface area contributed by atoms with Crippen LogP contribution in [0.4, 0.5) is 0 Å². The van der Waals surface area contributed by atoms with Crippen molar-refractivity contribution in [2.24, 2.45) is 5.73 Å². The van der Waals surface area contributed by atoms with Crippen LogP contribution < -0.4 is 10.5 Å². The fraction of sp³-hybridized carbons (Fsp3) is 0.294. The zero-order valence-electron chi connectivity index (χ0n) is 12.3. The first-order valence-electron chi connectivity index (χ1n) is 6.86. The average molecular weight is 350 g/mol. The molecule has 3 nitrogen and oxygen atoms in total. The lowest BCUT2D eigenvalue weighted by Crippen LogP contribution is -2.27. The van der Waals surface area contributed by atoms with Crippen LogP contribution in [-0.2, 0) is 11.3 Å². The van der Waals surface area contributed by atoms with E-state index < -0.39 is 0 Å². The van der Waals surface area contributed by atoms with E-state index >= 15 is 0 Å². The molecule has 2 atom stereocenters. The van der Waals surface area contributed by atoms with E-state index in [-0.39, 0.29) is 12.1 Å². The summed E-state index contributed by atoms with van der Waals surface area (Å²) in [7, 11) is 1.65. The molecule has 0 fully saturated rings. The van der Waals surface area contributed by atoms with Crippen molar-refractivity contribution < 1.29 is 9.47 Å². The van der Waals surface area contributed by atoms with E-state index in [0.717, 1.165) is 21.3 Å². The van der Waals surface area contributed by atoms with Crippen molar-refractivity contribution >= 4 is 15.9 Å². The number of nitrogens with two attached hydrogens (primary N) is 1. The van der Waals surface area contributed by atoms with Gasteiger partial charge in [-0.05, 0) is 36.2 Å². The van der Waals surface area contributed by atoms with Crippen molar-refractivity contribution in [3.8, 4) is 5.75 Å². The predicted octanol–water partition coefficient (Wildman–Crippen LogP) is 4.06. The molecule has 2 unspecified atom stereocenters. The summed E-state index contributed by atoms with van der Waals surface area (Å²) < 4.78 is 12.3. The standard InChI is InChI=1S/C17H20BrNO2/c1-12(19)17(13-7-9-15(20-2)10-8-13)21-11-14-5-3-4-6-16(14)18/h3-10,12,17H,11,19H2,1-2H3. The van der Waals surface area contributed by atoms with Gasteiger partial charge in [0.2, 0.25) is 0 Å². The van der Waals surface area contributed by atoms with Gasteiger partial charge in [-0.15, -0.1) is 0 Å². The molecule has 0 amide bonds. The summed E-state index contributed by atoms with van der Waals surface area (Å²) >= 11 is 3.53. The van der Waals surface area contributed by atoms with Gasteiger partial charge in [-0.3, -0.25) is 0 Å². The van der Waals surface area contributed by atoms with Crippen LogP contribution in [-0.4, -0.2) is 13.2 Å². The first-order valence-corrected chi connectivity index (χ1v) is 7.65. The molecule has 0 radical (unpaired) electrons. The number of methoxy groups -OCH3 is 1. The first-order chi connectivity index (χ1) is 10.1. The van der Waals surface area contributed by atoms with E-state index in [9.17, 15) is 0 Å². The molecular formula is C17H20BrNO2. The molecule has 0 heterocycles. The van der Waals surface area contributed by atoms with Crippen LogP contribution in [0.15, 0.2) is 53.0 Å². The zero-order chi connectivity index (χ0) is 15.2. The Balaban J connectivity index is 2.10. The van der Waals surface area contributed by atoms with Gasteiger partial charge in [-0.25, -0.2) is 0 Å². The molecule has 2 aromatic rings. The first kappa shape index (κ1) is 16.0. The van der Waals surface area contributed by atoms with Crippen molar-refractivity contribution in [3.05, 3.63) is 64.1 Å². The third-order valence-corrected chi connectivity index (χ3v) is 4.07. The van der Waals surface area contributed by atoms with Gasteiger partial charge < -0.3 is 15.2 Å². The van der Waals surface area contributed by atoms with Crippen LogP contribution in [0, 0.1) is 0 Å². The maximum Gasteiger partial charge on any atom is 0.118 e. The largest absolute Gasteiger partial charge is 0.497 e. The van der Waals surface area contributed by atoms with E-state index in [0.29, 0.717) is 6.61 Å². The van der Waals surface area contributed by atoms with Gasteiger partial charge in [-0.1, -0.05) is 46.3 Å². The van der Waals surface area contributed by atoms with Crippen molar-refractivity contribution in [2.45, 2.75) is 25.7 Å². The van der Waals surface area contributed by atoms with Gasteiger partial charge in [0.05, 0.1) is 19.8 Å². The highest BCUT2D eigenvalue weighted by Gasteiger charge is 2.17. The molecule has 0 aliphatic rings. The minimum absolute atomic E-state index is 0.0964. The summed E-state index contributed by atoms with van der Waals surface area (Å²) in [6.45, 7) is 2.47. The summed E-state index contributed by atoms with van der Waals surface area (Å²) in [4.78, 5) is 0. The highest BCUT2D eigenvalue weighted by atomic mass is 79.9. The Kier molecular flexibility index (Phi) is 5.79. The van der Waals surface area contributed by atoms with Gasteiger partial charge in [0.1, 0.15) is 5.75 Å². The van der Waals surface area contributed by atoms with E-state index in [1.54, 1.807) is 7.11 Å². The molecule has 0 aliphatic carbocycles. The van der Waals surface area contributed by atoms with E-state index in [1.807, 2.05) is 55.5 Å². The monoisotopic (exact) mass is 349 g/mol. The number of ether oxygens (including phenoxy) is 2. The molecule has 0 aromatic heterocycles. The number of halogens is 1. The lowest BCUT2D eigenvalue weighted by atomic mass is 10.0. The number of rotatable bonds is 6. The minimum atomic E-state index is -0.150. The second-order valence-electron chi connectivity index (χ2n) is 4.96. The van der Waals surface area contributed by atoms with Gasteiger partial charge in [-0.2, -0.15) is 0 Å². The number of benzene rings is 2. The molecule has 0 aliphatic heterocycles. The smallest absolute Gasteiger partial charge is 0.118 e. The Labute approximate surface area is 134 Å². The quantitative estimate of drug-likeness (QED) is 0.854. The van der Waals surface area contributed by atoms with E-state index in [1.165, 1.54) is 0 Å². The van der Waals surface area contributed by atoms with Gasteiger partial charge in [0.25, 0.3) is 0 Å². The Morgan fingerprint density at radius 1 is 1.10 bits per heavy atom. The topological polar surface area (TPSA) is 44.5 Å². The Morgan fingerprint density at radius 3 is 2.33 bits per heavy atom. The van der Waals surface area contributed by atoms with Crippen molar-refractivity contribution in [1.82, 2.24) is 0 Å². The number of hydrogen-bond acceptors (Lipinski definition) is 3. The highest BCUT2D eigenvalue weighted by molar-refractivity contribution is 9.10. The maximum atomic E-state index is 6.07. The van der Waals surface area contributed by atoms with Crippen LogP contribution in [0.3, 0.4) is 0 Å². The fourth-order valence-electron chi connectivity index (χ4n) is 2.14. The van der Waals surface area contributed by atoms with E-state index in [4.69, 9.17) is 15.2 Å². The van der Waals surface area contributed by atoms with Crippen LogP contribution in [0.25, 0.3) is 0 Å². The summed E-state index contributed by atoms with van der Waals surface area (Å²) in [5, 5.41) is 0. The highest BCUT2D eigenvalue weighted by Crippen LogP contribution is 2.26. The minimum Gasteiger partial charge on any atom is -0.497 e. The van der Waals surface area contributed by atoms with Crippen molar-refractivity contribution in [2.75, 3.05) is 7.11 Å². The van der Waals surface area contributed by atoms with Crippen LogP contribution in [0.1, 0.15) is 24.2 Å². The molecule has 0 saturated heterocycles. The van der Waals surface area contributed by atoms with Gasteiger partial charge in [0, 0.05) is 10.5 Å². The molecule has 2 aromatic carbocycles. The lowest BCUT2D eigenvalue weighted by Gasteiger charge is -2.22. The summed E-state index contributed by atoms with van der Waals surface area (Å²) in [6, 6.07) is 15.8. The lowest BCUT2D eigenvalue weighted by molar-refractivity contribution is 0.0256. The Morgan fingerprint density at radius 2 is 1.76 bits per heavy atom. The zero-order valence-corrected chi connectivity index (χ0v) is 13.8. The molecule has 2 N–H and O–H groups in total. The normalized spacial score (nSPS) is 13.7. The van der Waals surface area contributed by atoms with Crippen molar-refractivity contribution in [3.63, 3.8) is 0 Å². The van der Waals surface area contributed by atoms with Crippen LogP contribution in [0.2, 0.25) is 0 Å². The second-order valence-corrected chi connectivity index (χ2v) is 5.81. The average Bonchev–Trinajstić information content (AvgIpc) is 2.49. The molecule has 0 spiro atoms. The van der Waals surface area contributed by atoms with E-state index in [2.05, 4.69) is 15.9 Å². The third kappa shape index (κ3) is 4.30. The molecule has 4 heteroatoms. The Hall–Kier alpha value is -1.36. The Bertz CT molecular complexity index is 569. The third-order valence-electron chi connectivity index (χ3n) is 3.30. The van der Waals surface area contributed by atoms with Gasteiger partial charge in [0.15, 0.2) is 0 Å². The second kappa shape index (κ2) is 7.59. The molecular weight excluding hydrogens is 330 g/mol. The maximum absolute atomic E-state index is 6.07. The molecule has 112 valence electrons. The molecule has 0 saturated carbocycles. The van der Waals surface area contributed by atoms with Crippen molar-refractivity contribution in [1.29, 1.82) is 0 Å². The summed E-state index contributed by atoms with van der Waals surface area (Å²) in [6.07, 6.45) is -0.150. The molecule has 21 heavy (non-hydrogen) atoms. The summed E-state index contributed by atoms with van der Waals surface area (Å²) in [5.74, 6) is 0.827. The van der Waals surface area contributed by atoms with Crippen LogP contribution >= 0.6 is 15.9 Å². The van der Waals surface area contributed by atoms with Gasteiger partial charge >= 0.3 is 0 Å². The molecule has 2 rings (SSSR count). The van der Waals surface area contributed by atoms with Crippen LogP contribution in [0.5, 0.6) is 5.75 Å². The number of hydrogen-bond donors (Lipinski definition) is 1. The summed E-state index contributed by atoms with van der Waals surface area (Å²) in [5.41, 5.74) is 8.24. The SMILES string of the molecule is COc1ccc(C(OCc2ccccc2Br)C(C)N)cc1. The predicted molar refractivity (Wildman–Crippen MR) is 88.3 cm³/mol. The fourth-order valence-corrected chi connectivity index (χ4v) is 2.54. The molecule has 0 bridgehead atoms.